The molecule has 1 aromatic heterocycles. The summed E-state index contributed by atoms with van der Waals surface area (Å²) in [4.78, 5) is 19.9. The molecule has 1 amide bonds. The van der Waals surface area contributed by atoms with Gasteiger partial charge < -0.3 is 11.1 Å². The summed E-state index contributed by atoms with van der Waals surface area (Å²) in [6.07, 6.45) is 3.05. The number of nitrogens with zero attached hydrogens (tertiary/aromatic N) is 2. The van der Waals surface area contributed by atoms with Gasteiger partial charge in [0.2, 0.25) is 0 Å². The van der Waals surface area contributed by atoms with Gasteiger partial charge >= 0.3 is 0 Å². The van der Waals surface area contributed by atoms with Crippen LogP contribution in [0.5, 0.6) is 0 Å². The van der Waals surface area contributed by atoms with Crippen LogP contribution in [0, 0.1) is 6.92 Å². The van der Waals surface area contributed by atoms with Crippen molar-refractivity contribution in [2.45, 2.75) is 20.0 Å². The first-order valence-electron chi connectivity index (χ1n) is 6.04. The van der Waals surface area contributed by atoms with Gasteiger partial charge in [0.05, 0.1) is 11.9 Å². The maximum Gasteiger partial charge on any atom is 0.271 e. The van der Waals surface area contributed by atoms with Gasteiger partial charge in [0.1, 0.15) is 5.69 Å². The van der Waals surface area contributed by atoms with Crippen molar-refractivity contribution in [3.8, 4) is 0 Å². The van der Waals surface area contributed by atoms with Crippen LogP contribution < -0.4 is 11.1 Å². The molecule has 0 atom stereocenters. The van der Waals surface area contributed by atoms with Crippen molar-refractivity contribution in [2.24, 2.45) is 5.73 Å². The highest BCUT2D eigenvalue weighted by Gasteiger charge is 2.06. The second-order valence-corrected chi connectivity index (χ2v) is 4.25. The highest BCUT2D eigenvalue weighted by Crippen LogP contribution is 2.04. The Morgan fingerprint density at radius 3 is 2.42 bits per heavy atom. The summed E-state index contributed by atoms with van der Waals surface area (Å²) in [7, 11) is 0. The van der Waals surface area contributed by atoms with E-state index in [1.807, 2.05) is 31.2 Å². The molecule has 2 aromatic rings. The number of benzene rings is 1. The second-order valence-electron chi connectivity index (χ2n) is 4.25. The lowest BCUT2D eigenvalue weighted by Crippen LogP contribution is -2.24. The minimum absolute atomic E-state index is 0.226. The Balaban J connectivity index is 1.94. The van der Waals surface area contributed by atoms with E-state index < -0.39 is 0 Å². The van der Waals surface area contributed by atoms with Gasteiger partial charge in [-0.05, 0) is 18.1 Å². The smallest absolute Gasteiger partial charge is 0.271 e. The molecule has 0 aliphatic heterocycles. The summed E-state index contributed by atoms with van der Waals surface area (Å²) in [5, 5.41) is 2.80. The quantitative estimate of drug-likeness (QED) is 0.860. The average molecular weight is 256 g/mol. The molecule has 0 radical (unpaired) electrons. The molecule has 0 saturated heterocycles. The Hall–Kier alpha value is -2.27. The molecule has 0 fully saturated rings. The molecule has 1 aromatic carbocycles. The van der Waals surface area contributed by atoms with Gasteiger partial charge in [0.25, 0.3) is 5.91 Å². The van der Waals surface area contributed by atoms with Crippen molar-refractivity contribution >= 4 is 5.91 Å². The fourth-order valence-corrected chi connectivity index (χ4v) is 1.58. The van der Waals surface area contributed by atoms with Crippen LogP contribution in [0.3, 0.4) is 0 Å². The SMILES string of the molecule is Cc1cnc(C(=O)NCc2ccc(CN)cc2)cn1. The molecule has 5 nitrogen and oxygen atoms in total. The van der Waals surface area contributed by atoms with Crippen LogP contribution in [-0.2, 0) is 13.1 Å². The average Bonchev–Trinajstić information content (AvgIpc) is 2.46. The largest absolute Gasteiger partial charge is 0.347 e. The van der Waals surface area contributed by atoms with E-state index in [1.54, 1.807) is 6.20 Å². The van der Waals surface area contributed by atoms with Crippen LogP contribution in [-0.4, -0.2) is 15.9 Å². The highest BCUT2D eigenvalue weighted by molar-refractivity contribution is 5.91. The fraction of sp³-hybridized carbons (Fsp3) is 0.214. The molecule has 0 aliphatic rings. The standard InChI is InChI=1S/C14H16N4O/c1-10-7-17-13(9-16-10)14(19)18-8-12-4-2-11(6-15)3-5-12/h2-5,7,9H,6,8,15H2,1H3,(H,18,19). The number of nitrogens with two attached hydrogens (primary N) is 1. The van der Waals surface area contributed by atoms with Crippen molar-refractivity contribution in [2.75, 3.05) is 0 Å². The van der Waals surface area contributed by atoms with E-state index in [0.717, 1.165) is 16.8 Å². The Labute approximate surface area is 111 Å². The summed E-state index contributed by atoms with van der Waals surface area (Å²) < 4.78 is 0. The van der Waals surface area contributed by atoms with Gasteiger partial charge in [-0.2, -0.15) is 0 Å². The van der Waals surface area contributed by atoms with E-state index in [-0.39, 0.29) is 5.91 Å². The first-order chi connectivity index (χ1) is 9.19. The van der Waals surface area contributed by atoms with Crippen molar-refractivity contribution < 1.29 is 4.79 Å². The lowest BCUT2D eigenvalue weighted by molar-refractivity contribution is 0.0945. The molecule has 0 unspecified atom stereocenters. The molecule has 0 saturated carbocycles. The molecular weight excluding hydrogens is 240 g/mol. The zero-order valence-electron chi connectivity index (χ0n) is 10.8. The number of nitrogens with one attached hydrogen (secondary N) is 1. The maximum atomic E-state index is 11.8. The summed E-state index contributed by atoms with van der Waals surface area (Å²) in [5.41, 5.74) is 8.72. The Kier molecular flexibility index (Phi) is 4.20. The molecule has 3 N–H and O–H groups in total. The number of hydrogen-bond acceptors (Lipinski definition) is 4. The topological polar surface area (TPSA) is 80.9 Å². The monoisotopic (exact) mass is 256 g/mol. The lowest BCUT2D eigenvalue weighted by atomic mass is 10.1. The third-order valence-corrected chi connectivity index (χ3v) is 2.73. The maximum absolute atomic E-state index is 11.8. The Morgan fingerprint density at radius 1 is 1.16 bits per heavy atom. The van der Waals surface area contributed by atoms with Crippen molar-refractivity contribution in [1.29, 1.82) is 0 Å². The molecule has 5 heteroatoms. The summed E-state index contributed by atoms with van der Waals surface area (Å²) in [5.74, 6) is -0.226. The van der Waals surface area contributed by atoms with E-state index >= 15 is 0 Å². The third-order valence-electron chi connectivity index (χ3n) is 2.73. The predicted octanol–water partition coefficient (Wildman–Crippen LogP) is 1.17. The van der Waals surface area contributed by atoms with E-state index in [4.69, 9.17) is 5.73 Å². The van der Waals surface area contributed by atoms with Crippen LogP contribution in [0.2, 0.25) is 0 Å². The molecule has 0 bridgehead atoms. The zero-order chi connectivity index (χ0) is 13.7. The molecular formula is C14H16N4O. The molecule has 98 valence electrons. The summed E-state index contributed by atoms with van der Waals surface area (Å²) in [6.45, 7) is 2.80. The van der Waals surface area contributed by atoms with Crippen LogP contribution >= 0.6 is 0 Å². The van der Waals surface area contributed by atoms with E-state index in [0.29, 0.717) is 18.8 Å². The molecule has 0 spiro atoms. The second kappa shape index (κ2) is 6.06. The van der Waals surface area contributed by atoms with Crippen molar-refractivity contribution in [1.82, 2.24) is 15.3 Å². The lowest BCUT2D eigenvalue weighted by Gasteiger charge is -2.05. The van der Waals surface area contributed by atoms with E-state index in [1.165, 1.54) is 6.20 Å². The number of aromatic nitrogens is 2. The number of rotatable bonds is 4. The van der Waals surface area contributed by atoms with Crippen LogP contribution in [0.4, 0.5) is 0 Å². The van der Waals surface area contributed by atoms with Gasteiger partial charge in [-0.15, -0.1) is 0 Å². The van der Waals surface area contributed by atoms with Crippen molar-refractivity contribution in [3.05, 3.63) is 59.2 Å². The molecule has 1 heterocycles. The molecule has 0 aliphatic carbocycles. The minimum Gasteiger partial charge on any atom is -0.347 e. The summed E-state index contributed by atoms with van der Waals surface area (Å²) >= 11 is 0. The van der Waals surface area contributed by atoms with Gasteiger partial charge in [-0.1, -0.05) is 24.3 Å². The third kappa shape index (κ3) is 3.59. The number of aryl methyl sites for hydroxylation is 1. The Morgan fingerprint density at radius 2 is 1.84 bits per heavy atom. The van der Waals surface area contributed by atoms with Gasteiger partial charge in [0, 0.05) is 19.3 Å². The fourth-order valence-electron chi connectivity index (χ4n) is 1.58. The first kappa shape index (κ1) is 13.2. The summed E-state index contributed by atoms with van der Waals surface area (Å²) in [6, 6.07) is 7.80. The normalized spacial score (nSPS) is 10.2. The predicted molar refractivity (Wildman–Crippen MR) is 72.3 cm³/mol. The van der Waals surface area contributed by atoms with Crippen LogP contribution in [0.25, 0.3) is 0 Å². The van der Waals surface area contributed by atoms with E-state index in [9.17, 15) is 4.79 Å². The Bertz CT molecular complexity index is 549. The first-order valence-corrected chi connectivity index (χ1v) is 6.04. The zero-order valence-corrected chi connectivity index (χ0v) is 10.8. The number of hydrogen-bond donors (Lipinski definition) is 2. The van der Waals surface area contributed by atoms with E-state index in [2.05, 4.69) is 15.3 Å². The minimum atomic E-state index is -0.226. The van der Waals surface area contributed by atoms with Gasteiger partial charge in [-0.25, -0.2) is 4.98 Å². The van der Waals surface area contributed by atoms with Gasteiger partial charge in [-0.3, -0.25) is 9.78 Å². The van der Waals surface area contributed by atoms with Gasteiger partial charge in [0.15, 0.2) is 0 Å². The van der Waals surface area contributed by atoms with Crippen LogP contribution in [0.15, 0.2) is 36.7 Å². The van der Waals surface area contributed by atoms with Crippen LogP contribution in [0.1, 0.15) is 27.3 Å². The molecule has 19 heavy (non-hydrogen) atoms. The number of carbonyl (C=O) groups is 1. The number of carbonyl (C=O) groups excluding carboxylic acids is 1. The highest BCUT2D eigenvalue weighted by atomic mass is 16.1. The molecule has 2 rings (SSSR count). The number of amides is 1. The van der Waals surface area contributed by atoms with Crippen molar-refractivity contribution in [3.63, 3.8) is 0 Å².